The third-order valence-electron chi connectivity index (χ3n) is 3.57. The Kier molecular flexibility index (Phi) is 3.93. The first-order chi connectivity index (χ1) is 11.3. The summed E-state index contributed by atoms with van der Waals surface area (Å²) in [6.07, 6.45) is 0.458. The summed E-state index contributed by atoms with van der Waals surface area (Å²) in [4.78, 5) is 16.6. The molecule has 1 N–H and O–H groups in total. The molecule has 1 aliphatic heterocycles. The molecule has 116 valence electrons. The Balaban J connectivity index is 1.37. The molecule has 23 heavy (non-hydrogen) atoms. The quantitative estimate of drug-likeness (QED) is 0.730. The molecule has 1 aromatic heterocycles. The minimum absolute atomic E-state index is 0.0677. The molecule has 0 aliphatic carbocycles. The van der Waals surface area contributed by atoms with Crippen molar-refractivity contribution in [2.75, 3.05) is 5.75 Å². The highest BCUT2D eigenvalue weighted by molar-refractivity contribution is 8.01. The number of fused-ring (bicyclic) bond motifs is 2. The monoisotopic (exact) mass is 342 g/mol. The number of thiazole rings is 1. The molecule has 2 heterocycles. The maximum atomic E-state index is 12.0. The number of para-hydroxylation sites is 2. The molecule has 0 spiro atoms. The van der Waals surface area contributed by atoms with E-state index in [-0.39, 0.29) is 12.1 Å². The number of hydrogen-bond acceptors (Lipinski definition) is 5. The molecule has 3 aromatic rings. The van der Waals surface area contributed by atoms with Gasteiger partial charge in [0.2, 0.25) is 0 Å². The fourth-order valence-electron chi connectivity index (χ4n) is 2.46. The Bertz CT molecular complexity index is 829. The van der Waals surface area contributed by atoms with Crippen molar-refractivity contribution in [3.63, 3.8) is 0 Å². The van der Waals surface area contributed by atoms with Gasteiger partial charge in [0.15, 0.2) is 10.6 Å². The maximum Gasteiger partial charge on any atom is 0.257 e. The van der Waals surface area contributed by atoms with E-state index in [1.165, 1.54) is 4.70 Å². The van der Waals surface area contributed by atoms with Crippen molar-refractivity contribution in [1.82, 2.24) is 10.3 Å². The first kappa shape index (κ1) is 14.5. The number of hydrogen-bond donors (Lipinski definition) is 1. The Hall–Kier alpha value is -2.05. The van der Waals surface area contributed by atoms with Crippen LogP contribution in [0, 0.1) is 0 Å². The van der Waals surface area contributed by atoms with E-state index in [9.17, 15) is 4.79 Å². The number of rotatable bonds is 4. The summed E-state index contributed by atoms with van der Waals surface area (Å²) in [5.74, 6) is 1.43. The number of benzene rings is 2. The fourth-order valence-corrected chi connectivity index (χ4v) is 4.58. The molecule has 1 aliphatic rings. The van der Waals surface area contributed by atoms with Gasteiger partial charge < -0.3 is 10.1 Å². The molecule has 1 amide bonds. The molecule has 0 saturated carbocycles. The van der Waals surface area contributed by atoms with Gasteiger partial charge >= 0.3 is 0 Å². The van der Waals surface area contributed by atoms with Crippen LogP contribution in [0.2, 0.25) is 0 Å². The minimum atomic E-state index is -0.278. The van der Waals surface area contributed by atoms with Crippen LogP contribution in [0.5, 0.6) is 5.75 Å². The highest BCUT2D eigenvalue weighted by Crippen LogP contribution is 2.30. The molecule has 0 bridgehead atoms. The molecular formula is C17H14N2O2S2. The molecule has 0 radical (unpaired) electrons. The number of carbonyl (C=O) groups excluding carboxylic acids is 1. The third kappa shape index (κ3) is 3.04. The van der Waals surface area contributed by atoms with E-state index in [0.717, 1.165) is 22.0 Å². The molecule has 2 aromatic carbocycles. The summed E-state index contributed by atoms with van der Waals surface area (Å²) in [5, 5.41) is 2.89. The van der Waals surface area contributed by atoms with Gasteiger partial charge in [-0.05, 0) is 24.3 Å². The zero-order chi connectivity index (χ0) is 15.6. The van der Waals surface area contributed by atoms with Crippen LogP contribution in [0.4, 0.5) is 0 Å². The van der Waals surface area contributed by atoms with Gasteiger partial charge in [0, 0.05) is 12.2 Å². The Morgan fingerprint density at radius 2 is 2.00 bits per heavy atom. The van der Waals surface area contributed by atoms with Crippen LogP contribution in [0.3, 0.4) is 0 Å². The lowest BCUT2D eigenvalue weighted by Gasteiger charge is -2.26. The predicted octanol–water partition coefficient (Wildman–Crippen LogP) is 3.93. The van der Waals surface area contributed by atoms with Crippen LogP contribution in [0.15, 0.2) is 52.9 Å². The van der Waals surface area contributed by atoms with Crippen molar-refractivity contribution in [2.24, 2.45) is 0 Å². The van der Waals surface area contributed by atoms with E-state index in [2.05, 4.69) is 16.4 Å². The summed E-state index contributed by atoms with van der Waals surface area (Å²) in [5.41, 5.74) is 1.64. The summed E-state index contributed by atoms with van der Waals surface area (Å²) in [6.45, 7) is 0. The summed E-state index contributed by atoms with van der Waals surface area (Å²) >= 11 is 3.40. The topological polar surface area (TPSA) is 51.2 Å². The van der Waals surface area contributed by atoms with Gasteiger partial charge in [-0.2, -0.15) is 0 Å². The molecule has 0 fully saturated rings. The number of aromatic nitrogens is 1. The minimum Gasteiger partial charge on any atom is -0.470 e. The van der Waals surface area contributed by atoms with Gasteiger partial charge in [0.25, 0.3) is 5.91 Å². The molecule has 4 nitrogen and oxygen atoms in total. The van der Waals surface area contributed by atoms with Crippen molar-refractivity contribution in [1.29, 1.82) is 0 Å². The normalized spacial score (nSPS) is 16.7. The summed E-state index contributed by atoms with van der Waals surface area (Å²) in [6, 6.07) is 15.5. The zero-order valence-corrected chi connectivity index (χ0v) is 13.8. The molecule has 4 rings (SSSR count). The maximum absolute atomic E-state index is 12.0. The van der Waals surface area contributed by atoms with E-state index < -0.39 is 0 Å². The van der Waals surface area contributed by atoms with E-state index >= 15 is 0 Å². The van der Waals surface area contributed by atoms with E-state index in [1.54, 1.807) is 29.2 Å². The number of carbonyl (C=O) groups is 1. The lowest BCUT2D eigenvalue weighted by Crippen LogP contribution is -2.43. The fraction of sp³-hybridized carbons (Fsp3) is 0.176. The average Bonchev–Trinajstić information content (AvgIpc) is 2.98. The Labute approximate surface area is 141 Å². The predicted molar refractivity (Wildman–Crippen MR) is 93.3 cm³/mol. The number of thioether (sulfide) groups is 1. The van der Waals surface area contributed by atoms with Gasteiger partial charge in [-0.25, -0.2) is 4.98 Å². The van der Waals surface area contributed by atoms with Gasteiger partial charge in [-0.1, -0.05) is 36.0 Å². The van der Waals surface area contributed by atoms with Crippen molar-refractivity contribution >= 4 is 39.2 Å². The SMILES string of the molecule is O=C1NC(CCSc2nc3ccccc3s2)Oc2ccccc21. The second kappa shape index (κ2) is 6.22. The Morgan fingerprint density at radius 1 is 1.17 bits per heavy atom. The molecule has 0 saturated heterocycles. The number of nitrogens with one attached hydrogen (secondary N) is 1. The number of ether oxygens (including phenoxy) is 1. The van der Waals surface area contributed by atoms with E-state index in [4.69, 9.17) is 4.74 Å². The van der Waals surface area contributed by atoms with Crippen LogP contribution in [0.1, 0.15) is 16.8 Å². The Morgan fingerprint density at radius 3 is 2.91 bits per heavy atom. The van der Waals surface area contributed by atoms with Crippen LogP contribution in [0.25, 0.3) is 10.2 Å². The lowest BCUT2D eigenvalue weighted by molar-refractivity contribution is 0.0752. The van der Waals surface area contributed by atoms with Gasteiger partial charge in [-0.3, -0.25) is 4.79 Å². The highest BCUT2D eigenvalue weighted by Gasteiger charge is 2.24. The van der Waals surface area contributed by atoms with Crippen LogP contribution >= 0.6 is 23.1 Å². The van der Waals surface area contributed by atoms with Crippen molar-refractivity contribution in [3.05, 3.63) is 54.1 Å². The number of nitrogens with zero attached hydrogens (tertiary/aromatic N) is 1. The molecule has 1 atom stereocenters. The summed E-state index contributed by atoms with van der Waals surface area (Å²) in [7, 11) is 0. The highest BCUT2D eigenvalue weighted by atomic mass is 32.2. The van der Waals surface area contributed by atoms with Crippen LogP contribution in [-0.2, 0) is 0 Å². The second-order valence-corrected chi connectivity index (χ2v) is 7.53. The van der Waals surface area contributed by atoms with E-state index in [1.807, 2.05) is 36.4 Å². The van der Waals surface area contributed by atoms with Crippen LogP contribution < -0.4 is 10.1 Å². The molecular weight excluding hydrogens is 328 g/mol. The zero-order valence-electron chi connectivity index (χ0n) is 12.2. The van der Waals surface area contributed by atoms with Crippen molar-refractivity contribution < 1.29 is 9.53 Å². The first-order valence-electron chi connectivity index (χ1n) is 7.34. The molecule has 1 unspecified atom stereocenters. The first-order valence-corrected chi connectivity index (χ1v) is 9.15. The third-order valence-corrected chi connectivity index (χ3v) is 5.79. The van der Waals surface area contributed by atoms with Gasteiger partial charge in [-0.15, -0.1) is 11.3 Å². The smallest absolute Gasteiger partial charge is 0.257 e. The van der Waals surface area contributed by atoms with Crippen molar-refractivity contribution in [3.8, 4) is 5.75 Å². The van der Waals surface area contributed by atoms with Gasteiger partial charge in [0.05, 0.1) is 15.8 Å². The molecule has 6 heteroatoms. The summed E-state index contributed by atoms with van der Waals surface area (Å²) < 4.78 is 8.09. The second-order valence-electron chi connectivity index (χ2n) is 5.16. The van der Waals surface area contributed by atoms with Gasteiger partial charge in [0.1, 0.15) is 5.75 Å². The lowest BCUT2D eigenvalue weighted by atomic mass is 10.1. The van der Waals surface area contributed by atoms with E-state index in [0.29, 0.717) is 11.3 Å². The number of amides is 1. The van der Waals surface area contributed by atoms with Crippen LogP contribution in [-0.4, -0.2) is 22.9 Å². The standard InChI is InChI=1S/C17H14N2O2S2/c20-16-11-5-1-3-7-13(11)21-15(19-16)9-10-22-17-18-12-6-2-4-8-14(12)23-17/h1-8,15H,9-10H2,(H,19,20). The largest absolute Gasteiger partial charge is 0.470 e. The van der Waals surface area contributed by atoms with Crippen molar-refractivity contribution in [2.45, 2.75) is 17.0 Å². The average molecular weight is 342 g/mol.